The van der Waals surface area contributed by atoms with E-state index in [4.69, 9.17) is 4.42 Å². The second-order valence-corrected chi connectivity index (χ2v) is 4.56. The lowest BCUT2D eigenvalue weighted by Gasteiger charge is -2.10. The van der Waals surface area contributed by atoms with Gasteiger partial charge in [0, 0.05) is 5.56 Å². The van der Waals surface area contributed by atoms with Gasteiger partial charge >= 0.3 is 0 Å². The van der Waals surface area contributed by atoms with Crippen LogP contribution in [0.5, 0.6) is 0 Å². The fourth-order valence-electron chi connectivity index (χ4n) is 1.49. The van der Waals surface area contributed by atoms with Gasteiger partial charge in [-0.05, 0) is 44.5 Å². The van der Waals surface area contributed by atoms with Crippen LogP contribution in [-0.4, -0.2) is 10.1 Å². The van der Waals surface area contributed by atoms with Crippen LogP contribution in [0.25, 0.3) is 11.3 Å². The second-order valence-electron chi connectivity index (χ2n) is 4.56. The van der Waals surface area contributed by atoms with E-state index in [1.807, 2.05) is 0 Å². The Kier molecular flexibility index (Phi) is 2.75. The maximum Gasteiger partial charge on any atom is 0.226 e. The molecule has 0 saturated heterocycles. The molecule has 3 nitrogen and oxygen atoms in total. The summed E-state index contributed by atoms with van der Waals surface area (Å²) >= 11 is 0. The third kappa shape index (κ3) is 2.36. The molecule has 0 aliphatic carbocycles. The molecule has 0 spiro atoms. The van der Waals surface area contributed by atoms with Crippen LogP contribution < -0.4 is 0 Å². The predicted molar refractivity (Wildman–Crippen MR) is 61.9 cm³/mol. The van der Waals surface area contributed by atoms with Crippen molar-refractivity contribution in [3.8, 4) is 11.3 Å². The zero-order valence-corrected chi connectivity index (χ0v) is 9.99. The van der Waals surface area contributed by atoms with Crippen LogP contribution in [0.4, 0.5) is 4.39 Å². The number of aliphatic hydroxyl groups is 1. The molecule has 0 aliphatic rings. The number of hydrogen-bond acceptors (Lipinski definition) is 3. The van der Waals surface area contributed by atoms with Crippen molar-refractivity contribution in [2.45, 2.75) is 26.4 Å². The summed E-state index contributed by atoms with van der Waals surface area (Å²) in [5.41, 5.74) is 0.788. The van der Waals surface area contributed by atoms with E-state index in [1.165, 1.54) is 12.3 Å². The molecule has 1 heterocycles. The van der Waals surface area contributed by atoms with Crippen molar-refractivity contribution >= 4 is 0 Å². The molecule has 90 valence electrons. The van der Waals surface area contributed by atoms with Gasteiger partial charge in [0.2, 0.25) is 5.89 Å². The maximum atomic E-state index is 13.1. The molecule has 1 aromatic carbocycles. The van der Waals surface area contributed by atoms with Crippen molar-refractivity contribution in [3.63, 3.8) is 0 Å². The summed E-state index contributed by atoms with van der Waals surface area (Å²) in [7, 11) is 0. The molecular formula is C13H14FNO2. The van der Waals surface area contributed by atoms with Gasteiger partial charge in [-0.25, -0.2) is 9.37 Å². The molecular weight excluding hydrogens is 221 g/mol. The zero-order chi connectivity index (χ0) is 12.6. The molecule has 0 fully saturated rings. The maximum absolute atomic E-state index is 13.1. The number of hydrogen-bond donors (Lipinski definition) is 1. The Hall–Kier alpha value is -1.68. The topological polar surface area (TPSA) is 46.3 Å². The van der Waals surface area contributed by atoms with Gasteiger partial charge in [0.1, 0.15) is 23.4 Å². The second kappa shape index (κ2) is 3.96. The van der Waals surface area contributed by atoms with E-state index in [0.29, 0.717) is 11.3 Å². The highest BCUT2D eigenvalue weighted by Crippen LogP contribution is 2.25. The first-order chi connectivity index (χ1) is 7.88. The standard InChI is InChI=1S/C13H14FNO2/c1-8-6-9(4-5-10(8)14)11-7-17-12(15-11)13(2,3)16/h4-7,16H,1-3H3. The highest BCUT2D eigenvalue weighted by atomic mass is 19.1. The summed E-state index contributed by atoms with van der Waals surface area (Å²) in [5, 5.41) is 9.73. The van der Waals surface area contributed by atoms with Crippen LogP contribution in [0.3, 0.4) is 0 Å². The van der Waals surface area contributed by atoms with E-state index in [-0.39, 0.29) is 11.7 Å². The van der Waals surface area contributed by atoms with Gasteiger partial charge in [-0.2, -0.15) is 0 Å². The molecule has 0 radical (unpaired) electrons. The normalized spacial score (nSPS) is 11.8. The Morgan fingerprint density at radius 2 is 2.06 bits per heavy atom. The lowest BCUT2D eigenvalue weighted by molar-refractivity contribution is 0.0483. The Balaban J connectivity index is 2.40. The van der Waals surface area contributed by atoms with E-state index in [0.717, 1.165) is 5.56 Å². The third-order valence-electron chi connectivity index (χ3n) is 2.48. The molecule has 1 aromatic heterocycles. The van der Waals surface area contributed by atoms with Crippen LogP contribution in [0.2, 0.25) is 0 Å². The first-order valence-electron chi connectivity index (χ1n) is 5.33. The van der Waals surface area contributed by atoms with E-state index in [9.17, 15) is 9.50 Å². The lowest BCUT2D eigenvalue weighted by atomic mass is 10.1. The monoisotopic (exact) mass is 235 g/mol. The van der Waals surface area contributed by atoms with Crippen molar-refractivity contribution in [3.05, 3.63) is 41.7 Å². The number of nitrogens with zero attached hydrogens (tertiary/aromatic N) is 1. The van der Waals surface area contributed by atoms with Crippen molar-refractivity contribution in [2.24, 2.45) is 0 Å². The van der Waals surface area contributed by atoms with Gasteiger partial charge in [0.15, 0.2) is 0 Å². The summed E-state index contributed by atoms with van der Waals surface area (Å²) < 4.78 is 18.3. The number of benzene rings is 1. The Labute approximate surface area is 98.9 Å². The summed E-state index contributed by atoms with van der Waals surface area (Å²) in [6, 6.07) is 4.72. The molecule has 1 N–H and O–H groups in total. The fraction of sp³-hybridized carbons (Fsp3) is 0.308. The van der Waals surface area contributed by atoms with E-state index in [2.05, 4.69) is 4.98 Å². The Bertz CT molecular complexity index is 541. The summed E-state index contributed by atoms with van der Waals surface area (Å²) in [4.78, 5) is 4.18. The average molecular weight is 235 g/mol. The summed E-state index contributed by atoms with van der Waals surface area (Å²) in [6.45, 7) is 4.88. The minimum atomic E-state index is -1.12. The van der Waals surface area contributed by atoms with E-state index >= 15 is 0 Å². The zero-order valence-electron chi connectivity index (χ0n) is 9.99. The quantitative estimate of drug-likeness (QED) is 0.870. The van der Waals surface area contributed by atoms with Gasteiger partial charge in [-0.15, -0.1) is 0 Å². The highest BCUT2D eigenvalue weighted by Gasteiger charge is 2.22. The minimum absolute atomic E-state index is 0.245. The van der Waals surface area contributed by atoms with Gasteiger partial charge in [0.25, 0.3) is 0 Å². The number of rotatable bonds is 2. The molecule has 4 heteroatoms. The third-order valence-corrected chi connectivity index (χ3v) is 2.48. The molecule has 17 heavy (non-hydrogen) atoms. The SMILES string of the molecule is Cc1cc(-c2coc(C(C)(C)O)n2)ccc1F. The number of aromatic nitrogens is 1. The number of oxazole rings is 1. The van der Waals surface area contributed by atoms with E-state index < -0.39 is 5.60 Å². The molecule has 0 atom stereocenters. The van der Waals surface area contributed by atoms with Gasteiger partial charge in [-0.1, -0.05) is 0 Å². The van der Waals surface area contributed by atoms with Crippen LogP contribution in [0.15, 0.2) is 28.9 Å². The van der Waals surface area contributed by atoms with Crippen molar-refractivity contribution in [2.75, 3.05) is 0 Å². The van der Waals surface area contributed by atoms with Crippen molar-refractivity contribution < 1.29 is 13.9 Å². The van der Waals surface area contributed by atoms with Crippen LogP contribution in [0.1, 0.15) is 25.3 Å². The molecule has 0 bridgehead atoms. The molecule has 0 aliphatic heterocycles. The summed E-state index contributed by atoms with van der Waals surface area (Å²) in [6.07, 6.45) is 1.46. The first-order valence-corrected chi connectivity index (χ1v) is 5.33. The summed E-state index contributed by atoms with van der Waals surface area (Å²) in [5.74, 6) is -0.00515. The van der Waals surface area contributed by atoms with Gasteiger partial charge in [-0.3, -0.25) is 0 Å². The van der Waals surface area contributed by atoms with Crippen molar-refractivity contribution in [1.29, 1.82) is 0 Å². The molecule has 0 saturated carbocycles. The highest BCUT2D eigenvalue weighted by molar-refractivity contribution is 5.59. The predicted octanol–water partition coefficient (Wildman–Crippen LogP) is 3.02. The molecule has 2 aromatic rings. The van der Waals surface area contributed by atoms with Crippen LogP contribution in [-0.2, 0) is 5.60 Å². The minimum Gasteiger partial charge on any atom is -0.445 e. The van der Waals surface area contributed by atoms with Crippen LogP contribution >= 0.6 is 0 Å². The largest absolute Gasteiger partial charge is 0.445 e. The van der Waals surface area contributed by atoms with E-state index in [1.54, 1.807) is 32.9 Å². The molecule has 0 unspecified atom stereocenters. The Morgan fingerprint density at radius 1 is 1.35 bits per heavy atom. The molecule has 0 amide bonds. The fourth-order valence-corrected chi connectivity index (χ4v) is 1.49. The average Bonchev–Trinajstić information content (AvgIpc) is 2.70. The lowest BCUT2D eigenvalue weighted by Crippen LogP contribution is -2.15. The number of halogens is 1. The smallest absolute Gasteiger partial charge is 0.226 e. The Morgan fingerprint density at radius 3 is 2.59 bits per heavy atom. The van der Waals surface area contributed by atoms with Crippen molar-refractivity contribution in [1.82, 2.24) is 4.98 Å². The molecule has 2 rings (SSSR count). The van der Waals surface area contributed by atoms with Gasteiger partial charge < -0.3 is 9.52 Å². The van der Waals surface area contributed by atoms with Crippen LogP contribution in [0, 0.1) is 12.7 Å². The number of aryl methyl sites for hydroxylation is 1. The van der Waals surface area contributed by atoms with Gasteiger partial charge in [0.05, 0.1) is 0 Å². The first kappa shape index (κ1) is 11.8.